The molecule has 0 saturated heterocycles. The highest BCUT2D eigenvalue weighted by molar-refractivity contribution is 5.79. The van der Waals surface area contributed by atoms with Crippen LogP contribution in [0, 0.1) is 23.2 Å². The summed E-state index contributed by atoms with van der Waals surface area (Å²) in [5, 5.41) is 6.14. The predicted octanol–water partition coefficient (Wildman–Crippen LogP) is 3.60. The zero-order valence-electron chi connectivity index (χ0n) is 17.0. The maximum atomic E-state index is 12.7. The molecule has 4 aliphatic carbocycles. The summed E-state index contributed by atoms with van der Waals surface area (Å²) in [5.41, 5.74) is 1.24. The lowest BCUT2D eigenvalue weighted by Crippen LogP contribution is -2.51. The number of hydrogen-bond donors (Lipinski definition) is 2. The van der Waals surface area contributed by atoms with Gasteiger partial charge in [-0.05, 0) is 79.4 Å². The second kappa shape index (κ2) is 7.76. The van der Waals surface area contributed by atoms with Crippen LogP contribution in [0.25, 0.3) is 0 Å². The van der Waals surface area contributed by atoms with Crippen LogP contribution in [0.5, 0.6) is 5.75 Å². The van der Waals surface area contributed by atoms with Crippen molar-refractivity contribution in [2.45, 2.75) is 57.9 Å². The van der Waals surface area contributed by atoms with Gasteiger partial charge in [-0.15, -0.1) is 0 Å². The Hall–Kier alpha value is -2.04. The SMILES string of the molecule is COc1ccc([C@H](CC(=O)NCC23CC4CC(CC(C4)C2)C3)NC(C)=O)cc1. The molecule has 0 radical (unpaired) electrons. The summed E-state index contributed by atoms with van der Waals surface area (Å²) in [6, 6.07) is 7.21. The van der Waals surface area contributed by atoms with Crippen molar-refractivity contribution < 1.29 is 14.3 Å². The Morgan fingerprint density at radius 3 is 2.14 bits per heavy atom. The third-order valence-electron chi connectivity index (χ3n) is 7.11. The van der Waals surface area contributed by atoms with Gasteiger partial charge in [-0.1, -0.05) is 12.1 Å². The molecule has 0 aromatic heterocycles. The normalized spacial score (nSPS) is 31.3. The molecule has 1 atom stereocenters. The van der Waals surface area contributed by atoms with Gasteiger partial charge in [0.25, 0.3) is 0 Å². The second-order valence-electron chi connectivity index (χ2n) is 9.42. The summed E-state index contributed by atoms with van der Waals surface area (Å²) in [6.07, 6.45) is 8.35. The lowest BCUT2D eigenvalue weighted by molar-refractivity contribution is -0.124. The number of ether oxygens (including phenoxy) is 1. The monoisotopic (exact) mass is 384 g/mol. The average Bonchev–Trinajstić information content (AvgIpc) is 2.65. The van der Waals surface area contributed by atoms with Crippen LogP contribution in [0.4, 0.5) is 0 Å². The topological polar surface area (TPSA) is 67.4 Å². The Balaban J connectivity index is 1.37. The lowest BCUT2D eigenvalue weighted by atomic mass is 9.49. The van der Waals surface area contributed by atoms with Crippen molar-refractivity contribution in [3.63, 3.8) is 0 Å². The van der Waals surface area contributed by atoms with Crippen molar-refractivity contribution in [3.05, 3.63) is 29.8 Å². The molecule has 0 spiro atoms. The molecule has 2 amide bonds. The molecular formula is C23H32N2O3. The van der Waals surface area contributed by atoms with E-state index in [9.17, 15) is 9.59 Å². The molecule has 2 N–H and O–H groups in total. The van der Waals surface area contributed by atoms with Gasteiger partial charge in [-0.25, -0.2) is 0 Å². The Morgan fingerprint density at radius 2 is 1.64 bits per heavy atom. The molecule has 0 unspecified atom stereocenters. The summed E-state index contributed by atoms with van der Waals surface area (Å²) in [7, 11) is 1.62. The molecule has 5 heteroatoms. The maximum Gasteiger partial charge on any atom is 0.222 e. The molecule has 4 fully saturated rings. The number of methoxy groups -OCH3 is 1. The first kappa shape index (κ1) is 19.3. The standard InChI is InChI=1S/C23H32N2O3/c1-15(26)25-21(19-3-5-20(28-2)6-4-19)10-22(27)24-14-23-11-16-7-17(12-23)9-18(8-16)13-23/h3-6,16-18,21H,7-14H2,1-2H3,(H,24,27)(H,25,26)/t16?,17?,18?,21-,23?/m0/s1. The molecule has 28 heavy (non-hydrogen) atoms. The third kappa shape index (κ3) is 4.18. The van der Waals surface area contributed by atoms with Crippen molar-refractivity contribution in [1.82, 2.24) is 10.6 Å². The van der Waals surface area contributed by atoms with Crippen LogP contribution in [0.15, 0.2) is 24.3 Å². The van der Waals surface area contributed by atoms with Gasteiger partial charge in [0.15, 0.2) is 0 Å². The van der Waals surface area contributed by atoms with E-state index in [1.807, 2.05) is 24.3 Å². The molecule has 5 rings (SSSR count). The fourth-order valence-electron chi connectivity index (χ4n) is 6.38. The molecule has 152 valence electrons. The minimum atomic E-state index is -0.320. The van der Waals surface area contributed by atoms with E-state index in [1.165, 1.54) is 45.4 Å². The van der Waals surface area contributed by atoms with Gasteiger partial charge in [0.1, 0.15) is 5.75 Å². The van der Waals surface area contributed by atoms with E-state index < -0.39 is 0 Å². The van der Waals surface area contributed by atoms with Crippen molar-refractivity contribution in [2.75, 3.05) is 13.7 Å². The van der Waals surface area contributed by atoms with Crippen LogP contribution < -0.4 is 15.4 Å². The van der Waals surface area contributed by atoms with Crippen molar-refractivity contribution >= 4 is 11.8 Å². The minimum absolute atomic E-state index is 0.0188. The average molecular weight is 385 g/mol. The number of amides is 2. The molecule has 5 nitrogen and oxygen atoms in total. The van der Waals surface area contributed by atoms with Gasteiger partial charge in [-0.2, -0.15) is 0 Å². The van der Waals surface area contributed by atoms with Crippen LogP contribution in [-0.4, -0.2) is 25.5 Å². The Labute approximate surface area is 167 Å². The van der Waals surface area contributed by atoms with Gasteiger partial charge in [0.2, 0.25) is 11.8 Å². The van der Waals surface area contributed by atoms with E-state index in [0.717, 1.165) is 35.6 Å². The summed E-state index contributed by atoms with van der Waals surface area (Å²) in [4.78, 5) is 24.4. The summed E-state index contributed by atoms with van der Waals surface area (Å²) >= 11 is 0. The molecule has 4 saturated carbocycles. The fourth-order valence-corrected chi connectivity index (χ4v) is 6.38. The highest BCUT2D eigenvalue weighted by Crippen LogP contribution is 2.59. The fraction of sp³-hybridized carbons (Fsp3) is 0.652. The van der Waals surface area contributed by atoms with Gasteiger partial charge in [0, 0.05) is 13.5 Å². The van der Waals surface area contributed by atoms with Crippen molar-refractivity contribution in [1.29, 1.82) is 0 Å². The van der Waals surface area contributed by atoms with E-state index in [4.69, 9.17) is 4.74 Å². The Morgan fingerprint density at radius 1 is 1.07 bits per heavy atom. The third-order valence-corrected chi connectivity index (χ3v) is 7.11. The minimum Gasteiger partial charge on any atom is -0.497 e. The second-order valence-corrected chi connectivity index (χ2v) is 9.42. The Kier molecular flexibility index (Phi) is 5.35. The summed E-state index contributed by atoms with van der Waals surface area (Å²) < 4.78 is 5.20. The number of benzene rings is 1. The van der Waals surface area contributed by atoms with Crippen molar-refractivity contribution in [3.8, 4) is 5.75 Å². The molecule has 0 aliphatic heterocycles. The highest BCUT2D eigenvalue weighted by Gasteiger charge is 2.50. The van der Waals surface area contributed by atoms with E-state index in [0.29, 0.717) is 5.41 Å². The maximum absolute atomic E-state index is 12.7. The van der Waals surface area contributed by atoms with Crippen LogP contribution in [0.2, 0.25) is 0 Å². The van der Waals surface area contributed by atoms with Crippen LogP contribution >= 0.6 is 0 Å². The molecule has 4 aliphatic rings. The van der Waals surface area contributed by atoms with Crippen LogP contribution in [-0.2, 0) is 9.59 Å². The number of carbonyl (C=O) groups is 2. The zero-order valence-corrected chi connectivity index (χ0v) is 17.0. The van der Waals surface area contributed by atoms with E-state index >= 15 is 0 Å². The molecule has 4 bridgehead atoms. The first-order chi connectivity index (χ1) is 13.4. The molecule has 1 aromatic carbocycles. The largest absolute Gasteiger partial charge is 0.497 e. The molecule has 1 aromatic rings. The predicted molar refractivity (Wildman–Crippen MR) is 108 cm³/mol. The van der Waals surface area contributed by atoms with Gasteiger partial charge >= 0.3 is 0 Å². The van der Waals surface area contributed by atoms with E-state index in [2.05, 4.69) is 10.6 Å². The summed E-state index contributed by atoms with van der Waals surface area (Å²) in [5.74, 6) is 3.30. The van der Waals surface area contributed by atoms with Crippen LogP contribution in [0.1, 0.15) is 63.5 Å². The van der Waals surface area contributed by atoms with Crippen LogP contribution in [0.3, 0.4) is 0 Å². The van der Waals surface area contributed by atoms with E-state index in [-0.39, 0.29) is 24.3 Å². The number of hydrogen-bond acceptors (Lipinski definition) is 3. The van der Waals surface area contributed by atoms with E-state index in [1.54, 1.807) is 7.11 Å². The van der Waals surface area contributed by atoms with Crippen molar-refractivity contribution in [2.24, 2.45) is 23.2 Å². The Bertz CT molecular complexity index is 693. The smallest absolute Gasteiger partial charge is 0.222 e. The number of nitrogens with one attached hydrogen (secondary N) is 2. The number of carbonyl (C=O) groups excluding carboxylic acids is 2. The first-order valence-electron chi connectivity index (χ1n) is 10.6. The molecule has 0 heterocycles. The quantitative estimate of drug-likeness (QED) is 0.755. The summed E-state index contributed by atoms with van der Waals surface area (Å²) in [6.45, 7) is 2.29. The van der Waals surface area contributed by atoms with Gasteiger partial charge in [0.05, 0.1) is 19.6 Å². The van der Waals surface area contributed by atoms with Gasteiger partial charge in [-0.3, -0.25) is 9.59 Å². The van der Waals surface area contributed by atoms with Gasteiger partial charge < -0.3 is 15.4 Å². The first-order valence-corrected chi connectivity index (χ1v) is 10.6. The molecular weight excluding hydrogens is 352 g/mol. The highest BCUT2D eigenvalue weighted by atomic mass is 16.5. The lowest BCUT2D eigenvalue weighted by Gasteiger charge is -2.56. The number of rotatable bonds is 7. The zero-order chi connectivity index (χ0) is 19.7.